The molecule has 33 heteroatoms. The van der Waals surface area contributed by atoms with Gasteiger partial charge in [-0.25, -0.2) is 9.97 Å². The van der Waals surface area contributed by atoms with Crippen LogP contribution in [0.3, 0.4) is 0 Å². The van der Waals surface area contributed by atoms with Crippen molar-refractivity contribution in [1.29, 1.82) is 0 Å². The van der Waals surface area contributed by atoms with E-state index in [0.29, 0.717) is 303 Å². The number of aromatic nitrogens is 8. The molecule has 89 heavy (non-hydrogen) atoms. The van der Waals surface area contributed by atoms with Crippen molar-refractivity contribution in [3.63, 3.8) is 0 Å². The molecule has 0 saturated heterocycles. The summed E-state index contributed by atoms with van der Waals surface area (Å²) in [6, 6.07) is 0. The Balaban J connectivity index is 0.0000102. The second-order valence-corrected chi connectivity index (χ2v) is 27.5. The van der Waals surface area contributed by atoms with E-state index in [2.05, 4.69) is 0 Å². The molecule has 0 radical (unpaired) electrons. The number of fused-ring (bicyclic) bond motifs is 18. The minimum atomic E-state index is 0. The van der Waals surface area contributed by atoms with Crippen LogP contribution in [0, 0.1) is 0 Å². The third-order valence-corrected chi connectivity index (χ3v) is 21.3. The summed E-state index contributed by atoms with van der Waals surface area (Å²) in [7, 11) is 0. The Kier molecular flexibility index (Phi) is 38.0. The molecule has 3 aromatic rings. The van der Waals surface area contributed by atoms with E-state index >= 15 is 0 Å². The van der Waals surface area contributed by atoms with Crippen molar-refractivity contribution >= 4 is 159 Å². The van der Waals surface area contributed by atoms with Crippen LogP contribution in [-0.4, -0.2) is 310 Å². The molecule has 6 aliphatic heterocycles. The fourth-order valence-electron chi connectivity index (χ4n) is 8.34. The van der Waals surface area contributed by atoms with Crippen molar-refractivity contribution in [3.8, 4) is 0 Å². The molecule has 9 rings (SSSR count). The van der Waals surface area contributed by atoms with Crippen LogP contribution in [-0.2, 0) is 75.8 Å². The first-order chi connectivity index (χ1) is 43.8. The first kappa shape index (κ1) is 74.0. The van der Waals surface area contributed by atoms with Gasteiger partial charge in [0.15, 0.2) is 0 Å². The van der Waals surface area contributed by atoms with Crippen molar-refractivity contribution in [3.05, 3.63) is 23.3 Å². The molecule has 0 fully saturated rings. The van der Waals surface area contributed by atoms with E-state index in [0.717, 1.165) is 39.2 Å². The number of nitrogens with zero attached hydrogens (tertiary/aromatic N) is 8. The van der Waals surface area contributed by atoms with E-state index in [4.69, 9.17) is 116 Å². The van der Waals surface area contributed by atoms with Gasteiger partial charge < -0.3 is 106 Å². The van der Waals surface area contributed by atoms with Crippen molar-refractivity contribution in [2.45, 2.75) is 19.6 Å². The van der Waals surface area contributed by atoms with Gasteiger partial charge in [-0.2, -0.15) is 0 Å². The number of hydrogen-bond acceptors (Lipinski definition) is 30. The van der Waals surface area contributed by atoms with E-state index in [1.807, 2.05) is 0 Å². The maximum atomic E-state index is 6.13. The first-order valence-corrected chi connectivity index (χ1v) is 37.6. The molecule has 0 saturated carbocycles. The summed E-state index contributed by atoms with van der Waals surface area (Å²) in [5, 5.41) is 0. The molecule has 24 nitrogen and oxygen atoms in total. The Morgan fingerprint density at radius 1 is 0.191 bits per heavy atom. The van der Waals surface area contributed by atoms with Crippen LogP contribution >= 0.6 is 94.1 Å². The van der Waals surface area contributed by atoms with Crippen molar-refractivity contribution in [1.82, 2.24) is 39.9 Å². The van der Waals surface area contributed by atoms with Crippen molar-refractivity contribution in [2.75, 3.05) is 257 Å². The van der Waals surface area contributed by atoms with Gasteiger partial charge in [-0.1, -0.05) is 0 Å². The van der Waals surface area contributed by atoms with Gasteiger partial charge in [0.2, 0.25) is 0 Å². The fourth-order valence-corrected chi connectivity index (χ4v) is 16.5. The molecule has 9 heterocycles. The number of ether oxygens (including phenoxy) is 16. The molecule has 8 bridgehead atoms. The van der Waals surface area contributed by atoms with Gasteiger partial charge in [0.05, 0.1) is 254 Å². The molecule has 0 aromatic carbocycles. The van der Waals surface area contributed by atoms with Crippen molar-refractivity contribution in [2.24, 2.45) is 0 Å². The van der Waals surface area contributed by atoms with E-state index in [1.165, 1.54) is 0 Å². The summed E-state index contributed by atoms with van der Waals surface area (Å²) in [5.74, 6) is 6.56. The second-order valence-electron chi connectivity index (χ2n) is 18.7. The van der Waals surface area contributed by atoms with Gasteiger partial charge in [-0.3, -0.25) is 0 Å². The molecule has 3 aromatic heterocycles. The Morgan fingerprint density at radius 2 is 0.337 bits per heavy atom. The molecule has 0 spiro atoms. The van der Waals surface area contributed by atoms with Gasteiger partial charge in [0.1, 0.15) is 0 Å². The average Bonchev–Trinajstić information content (AvgIpc) is 1.78. The summed E-state index contributed by atoms with van der Waals surface area (Å²) >= 11 is 12.9. The minimum Gasteiger partial charge on any atom is -0.378 e. The van der Waals surface area contributed by atoms with E-state index in [9.17, 15) is 0 Å². The molecule has 0 amide bonds. The molecule has 0 N–H and O–H groups in total. The zero-order valence-electron chi connectivity index (χ0n) is 50.4. The molecular weight excluding hydrogens is 1320 g/mol. The first-order valence-electron chi connectivity index (χ1n) is 29.8. The SMILES string of the molecule is C1COCCOCCSC2=C(SCCOCCO1)c1nc2nc2[n-]c(nc3nc(nc4[n-]c(n1)c1c4SCCOCCOCCOCCOCCS1)C1=C3SCCOCCOCCOCCOCCS1)c1c2SCCOCCOCCOCCOCCS1.[Mg+2]. The van der Waals surface area contributed by atoms with E-state index < -0.39 is 0 Å². The molecule has 0 aliphatic carbocycles. The number of hydrogen-bond donors (Lipinski definition) is 0. The van der Waals surface area contributed by atoms with E-state index in [1.54, 1.807) is 94.1 Å². The van der Waals surface area contributed by atoms with Crippen LogP contribution in [0.5, 0.6) is 0 Å². The van der Waals surface area contributed by atoms with E-state index in [-0.39, 0.29) is 23.1 Å². The van der Waals surface area contributed by atoms with Crippen molar-refractivity contribution < 1.29 is 75.8 Å². The van der Waals surface area contributed by atoms with Gasteiger partial charge in [-0.05, 0) is 0 Å². The van der Waals surface area contributed by atoms with Crippen LogP contribution in [0.2, 0.25) is 0 Å². The summed E-state index contributed by atoms with van der Waals surface area (Å²) in [6.45, 7) is 14.5. The molecule has 490 valence electrons. The van der Waals surface area contributed by atoms with Crippen LogP contribution in [0.4, 0.5) is 0 Å². The predicted octanol–water partition coefficient (Wildman–Crippen LogP) is 6.05. The topological polar surface area (TPSA) is 253 Å². The summed E-state index contributed by atoms with van der Waals surface area (Å²) < 4.78 is 95.3. The van der Waals surface area contributed by atoms with Gasteiger partial charge in [0.25, 0.3) is 0 Å². The normalized spacial score (nSPS) is 22.0. The Labute approximate surface area is 570 Å². The Morgan fingerprint density at radius 3 is 0.506 bits per heavy atom. The Hall–Kier alpha value is -0.754. The minimum absolute atomic E-state index is 0. The fraction of sp³-hybridized carbons (Fsp3) is 0.714. The second kappa shape index (κ2) is 45.6. The predicted molar refractivity (Wildman–Crippen MR) is 355 cm³/mol. The van der Waals surface area contributed by atoms with Gasteiger partial charge in [0, 0.05) is 88.2 Å². The largest absolute Gasteiger partial charge is 2.00 e. The zero-order chi connectivity index (χ0) is 60.1. The van der Waals surface area contributed by atoms with Gasteiger partial charge >= 0.3 is 23.1 Å². The van der Waals surface area contributed by atoms with Crippen LogP contribution < -0.4 is 9.97 Å². The van der Waals surface area contributed by atoms with Crippen LogP contribution in [0.15, 0.2) is 19.6 Å². The van der Waals surface area contributed by atoms with Crippen LogP contribution in [0.25, 0.3) is 42.2 Å². The standard InChI is InChI=1S/C56H80N8O16S8.Mg/c1-2-66-10-18-74-26-34-82-42-41(81-33-25-73-17-9-65-1)49-57-50(42)62-52-45-46(86-38-30-78-22-14-70-6-5-69-13-21-77-29-37-85-45)54(59-52)64-56-48-47(87-39-31-79-23-15-71-7-8-72-16-24-80-32-40-88-48)55(60-56)63-53-44-43(51(58-53)61-49)83-35-27-75-19-11-67-3-4-68-12-20-76-28-36-84-44;/h1-40H2;/q-2;+2. The summed E-state index contributed by atoms with van der Waals surface area (Å²) in [4.78, 5) is 50.2. The monoisotopic (exact) mass is 1400 g/mol. The molecular formula is C56H80MgN8O16S8. The summed E-state index contributed by atoms with van der Waals surface area (Å²) in [5.41, 5.74) is 1.83. The third kappa shape index (κ3) is 26.3. The van der Waals surface area contributed by atoms with Gasteiger partial charge in [-0.15, -0.1) is 94.1 Å². The number of thioether (sulfide) groups is 8. The summed E-state index contributed by atoms with van der Waals surface area (Å²) in [6.07, 6.45) is 0. The zero-order valence-corrected chi connectivity index (χ0v) is 58.3. The maximum Gasteiger partial charge on any atom is 2.00 e. The molecule has 6 aliphatic rings. The third-order valence-electron chi connectivity index (χ3n) is 12.4. The molecule has 0 atom stereocenters. The molecule has 0 unspecified atom stereocenters. The number of rotatable bonds is 0. The smallest absolute Gasteiger partial charge is 0.378 e. The average molecular weight is 1400 g/mol. The van der Waals surface area contributed by atoms with Crippen LogP contribution in [0.1, 0.15) is 23.3 Å². The Bertz CT molecular complexity index is 2420. The maximum absolute atomic E-state index is 6.13. The quantitative estimate of drug-likeness (QED) is 0.232.